The molecule has 0 saturated heterocycles. The van der Waals surface area contributed by atoms with Gasteiger partial charge in [0.05, 0.1) is 17.9 Å². The van der Waals surface area contributed by atoms with E-state index in [-0.39, 0.29) is 0 Å². The Morgan fingerprint density at radius 1 is 1.40 bits per heavy atom. The van der Waals surface area contributed by atoms with E-state index in [9.17, 15) is 0 Å². The second kappa shape index (κ2) is 5.39. The maximum Gasteiger partial charge on any atom is 0.194 e. The average Bonchev–Trinajstić information content (AvgIpc) is 2.89. The smallest absolute Gasteiger partial charge is 0.194 e. The highest BCUT2D eigenvalue weighted by molar-refractivity contribution is 9.10. The predicted octanol–water partition coefficient (Wildman–Crippen LogP) is 5.04. The zero-order valence-corrected chi connectivity index (χ0v) is 14.2. The van der Waals surface area contributed by atoms with E-state index in [1.807, 2.05) is 25.1 Å². The predicted molar refractivity (Wildman–Crippen MR) is 89.0 cm³/mol. The van der Waals surface area contributed by atoms with E-state index in [0.717, 1.165) is 32.4 Å². The lowest BCUT2D eigenvalue weighted by Crippen LogP contribution is -2.05. The third-order valence-corrected chi connectivity index (χ3v) is 5.04. The van der Waals surface area contributed by atoms with Crippen LogP contribution >= 0.6 is 38.9 Å². The summed E-state index contributed by atoms with van der Waals surface area (Å²) in [5.41, 5.74) is 4.51. The summed E-state index contributed by atoms with van der Waals surface area (Å²) < 4.78 is 3.17. The first-order valence-electron chi connectivity index (χ1n) is 6.17. The van der Waals surface area contributed by atoms with Gasteiger partial charge in [-0.3, -0.25) is 4.40 Å². The van der Waals surface area contributed by atoms with Crippen LogP contribution in [0.25, 0.3) is 4.96 Å². The quantitative estimate of drug-likeness (QED) is 0.700. The largest absolute Gasteiger partial charge is 0.378 e. The Balaban J connectivity index is 1.90. The molecule has 1 N–H and O–H groups in total. The van der Waals surface area contributed by atoms with Crippen molar-refractivity contribution >= 4 is 49.5 Å². The van der Waals surface area contributed by atoms with Gasteiger partial charge in [0, 0.05) is 26.3 Å². The molecule has 2 aromatic heterocycles. The van der Waals surface area contributed by atoms with Crippen LogP contribution < -0.4 is 5.32 Å². The summed E-state index contributed by atoms with van der Waals surface area (Å²) in [7, 11) is 0. The summed E-state index contributed by atoms with van der Waals surface area (Å²) >= 11 is 11.1. The Morgan fingerprint density at radius 3 is 2.95 bits per heavy atom. The number of benzene rings is 1. The Kier molecular flexibility index (Phi) is 3.75. The molecular weight excluding hydrogens is 358 g/mol. The Hall–Kier alpha value is -1.04. The van der Waals surface area contributed by atoms with E-state index < -0.39 is 0 Å². The molecule has 0 bridgehead atoms. The van der Waals surface area contributed by atoms with E-state index in [1.54, 1.807) is 11.3 Å². The molecule has 0 unspecified atom stereocenters. The van der Waals surface area contributed by atoms with Crippen LogP contribution in [-0.4, -0.2) is 9.38 Å². The van der Waals surface area contributed by atoms with Crippen molar-refractivity contribution in [1.82, 2.24) is 9.38 Å². The van der Waals surface area contributed by atoms with Gasteiger partial charge in [0.15, 0.2) is 4.96 Å². The van der Waals surface area contributed by atoms with E-state index in [4.69, 9.17) is 11.6 Å². The molecule has 0 aliphatic heterocycles. The molecule has 0 fully saturated rings. The third kappa shape index (κ3) is 2.45. The number of nitrogens with one attached hydrogen (secondary N) is 1. The third-order valence-electron chi connectivity index (χ3n) is 3.21. The highest BCUT2D eigenvalue weighted by Crippen LogP contribution is 2.27. The number of thiazole rings is 1. The van der Waals surface area contributed by atoms with Crippen LogP contribution in [0.3, 0.4) is 0 Å². The first-order chi connectivity index (χ1) is 9.56. The number of anilines is 1. The molecule has 3 aromatic rings. The fourth-order valence-corrected chi connectivity index (χ4v) is 3.94. The van der Waals surface area contributed by atoms with Crippen molar-refractivity contribution < 1.29 is 0 Å². The van der Waals surface area contributed by atoms with Gasteiger partial charge in [-0.25, -0.2) is 4.98 Å². The number of nitrogens with zero attached hydrogens (tertiary/aromatic N) is 2. The van der Waals surface area contributed by atoms with Crippen LogP contribution in [0.1, 0.15) is 17.1 Å². The molecule has 3 rings (SSSR count). The molecular formula is C14H13BrClN3S. The van der Waals surface area contributed by atoms with Crippen LogP contribution in [0.4, 0.5) is 5.69 Å². The molecule has 0 saturated carbocycles. The highest BCUT2D eigenvalue weighted by Gasteiger charge is 2.12. The molecule has 0 atom stereocenters. The molecule has 3 nitrogen and oxygen atoms in total. The monoisotopic (exact) mass is 369 g/mol. The second-order valence-corrected chi connectivity index (χ2v) is 6.74. The Labute approximate surface area is 134 Å². The van der Waals surface area contributed by atoms with Crippen molar-refractivity contribution in [2.24, 2.45) is 0 Å². The number of aryl methyl sites for hydroxylation is 2. The molecule has 0 amide bonds. The summed E-state index contributed by atoms with van der Waals surface area (Å²) in [6.45, 7) is 4.88. The minimum absolute atomic E-state index is 0.721. The molecule has 2 heterocycles. The maximum atomic E-state index is 5.96. The van der Waals surface area contributed by atoms with Gasteiger partial charge in [0.25, 0.3) is 0 Å². The topological polar surface area (TPSA) is 29.3 Å². The normalized spacial score (nSPS) is 11.2. The average molecular weight is 371 g/mol. The van der Waals surface area contributed by atoms with Gasteiger partial charge in [0.1, 0.15) is 0 Å². The number of imidazole rings is 1. The molecule has 0 aliphatic rings. The molecule has 0 radical (unpaired) electrons. The second-order valence-electron chi connectivity index (χ2n) is 4.62. The zero-order chi connectivity index (χ0) is 14.3. The first kappa shape index (κ1) is 13.9. The van der Waals surface area contributed by atoms with Crippen LogP contribution in [-0.2, 0) is 6.54 Å². The summed E-state index contributed by atoms with van der Waals surface area (Å²) in [6, 6.07) is 5.74. The van der Waals surface area contributed by atoms with Crippen molar-refractivity contribution in [1.29, 1.82) is 0 Å². The van der Waals surface area contributed by atoms with Gasteiger partial charge in [-0.2, -0.15) is 0 Å². The van der Waals surface area contributed by atoms with Crippen molar-refractivity contribution in [2.45, 2.75) is 20.4 Å². The minimum atomic E-state index is 0.721. The number of aromatic nitrogens is 2. The zero-order valence-electron chi connectivity index (χ0n) is 11.1. The lowest BCUT2D eigenvalue weighted by Gasteiger charge is -2.09. The van der Waals surface area contributed by atoms with Gasteiger partial charge in [0.2, 0.25) is 0 Å². The van der Waals surface area contributed by atoms with E-state index >= 15 is 0 Å². The van der Waals surface area contributed by atoms with E-state index in [0.29, 0.717) is 0 Å². The van der Waals surface area contributed by atoms with Crippen LogP contribution in [0.5, 0.6) is 0 Å². The number of rotatable bonds is 3. The lowest BCUT2D eigenvalue weighted by molar-refractivity contribution is 0.965. The van der Waals surface area contributed by atoms with Crippen molar-refractivity contribution in [3.05, 3.63) is 50.2 Å². The summed E-state index contributed by atoms with van der Waals surface area (Å²) in [4.78, 5) is 5.64. The summed E-state index contributed by atoms with van der Waals surface area (Å²) in [5.74, 6) is 0. The number of hydrogen-bond acceptors (Lipinski definition) is 3. The van der Waals surface area contributed by atoms with Crippen molar-refractivity contribution in [3.8, 4) is 0 Å². The number of fused-ring (bicyclic) bond motifs is 1. The minimum Gasteiger partial charge on any atom is -0.378 e. The Morgan fingerprint density at radius 2 is 2.20 bits per heavy atom. The van der Waals surface area contributed by atoms with Gasteiger partial charge in [-0.05, 0) is 48.0 Å². The number of halogens is 2. The van der Waals surface area contributed by atoms with Crippen molar-refractivity contribution in [3.63, 3.8) is 0 Å². The summed E-state index contributed by atoms with van der Waals surface area (Å²) in [5, 5.41) is 6.28. The maximum absolute atomic E-state index is 5.96. The molecule has 6 heteroatoms. The highest BCUT2D eigenvalue weighted by atomic mass is 79.9. The van der Waals surface area contributed by atoms with E-state index in [1.165, 1.54) is 11.4 Å². The lowest BCUT2D eigenvalue weighted by atomic mass is 10.3. The Bertz CT molecular complexity index is 778. The fraction of sp³-hybridized carbons (Fsp3) is 0.214. The molecule has 0 spiro atoms. The van der Waals surface area contributed by atoms with Gasteiger partial charge < -0.3 is 5.32 Å². The molecule has 104 valence electrons. The summed E-state index contributed by atoms with van der Waals surface area (Å²) in [6.07, 6.45) is 0. The van der Waals surface area contributed by atoms with Gasteiger partial charge >= 0.3 is 0 Å². The fourth-order valence-electron chi connectivity index (χ4n) is 2.19. The number of hydrogen-bond donors (Lipinski definition) is 1. The van der Waals surface area contributed by atoms with E-state index in [2.05, 4.69) is 42.9 Å². The molecule has 20 heavy (non-hydrogen) atoms. The van der Waals surface area contributed by atoms with Crippen LogP contribution in [0.15, 0.2) is 28.1 Å². The van der Waals surface area contributed by atoms with Crippen molar-refractivity contribution in [2.75, 3.05) is 5.32 Å². The SMILES string of the molecule is Cc1nc2scc(C)n2c1CNc1ccc(Cl)cc1Br. The van der Waals surface area contributed by atoms with Crippen LogP contribution in [0, 0.1) is 13.8 Å². The van der Waals surface area contributed by atoms with Gasteiger partial charge in [-0.1, -0.05) is 11.6 Å². The molecule has 1 aromatic carbocycles. The molecule has 0 aliphatic carbocycles. The van der Waals surface area contributed by atoms with Gasteiger partial charge in [-0.15, -0.1) is 11.3 Å². The standard InChI is InChI=1S/C14H13BrClN3S/c1-8-7-20-14-18-9(2)13(19(8)14)6-17-12-4-3-10(16)5-11(12)15/h3-5,7,17H,6H2,1-2H3. The van der Waals surface area contributed by atoms with Crippen LogP contribution in [0.2, 0.25) is 5.02 Å². The first-order valence-corrected chi connectivity index (χ1v) is 8.22.